The molecule has 0 saturated heterocycles. The van der Waals surface area contributed by atoms with Gasteiger partial charge in [0.2, 0.25) is 0 Å². The summed E-state index contributed by atoms with van der Waals surface area (Å²) in [5, 5.41) is 16.5. The monoisotopic (exact) mass is 373 g/mol. The number of aliphatic carboxylic acids is 1. The Kier molecular flexibility index (Phi) is 5.58. The molecule has 1 atom stereocenters. The summed E-state index contributed by atoms with van der Waals surface area (Å²) in [6, 6.07) is 5.99. The van der Waals surface area contributed by atoms with Crippen molar-refractivity contribution >= 4 is 11.9 Å². The van der Waals surface area contributed by atoms with Gasteiger partial charge in [-0.2, -0.15) is 5.10 Å². The van der Waals surface area contributed by atoms with Crippen LogP contribution in [-0.4, -0.2) is 33.3 Å². The van der Waals surface area contributed by atoms with E-state index >= 15 is 0 Å². The van der Waals surface area contributed by atoms with Gasteiger partial charge in [-0.1, -0.05) is 13.8 Å². The van der Waals surface area contributed by atoms with Crippen LogP contribution in [0.2, 0.25) is 0 Å². The van der Waals surface area contributed by atoms with E-state index in [-0.39, 0.29) is 24.2 Å². The van der Waals surface area contributed by atoms with Crippen LogP contribution in [0, 0.1) is 17.7 Å². The highest BCUT2D eigenvalue weighted by molar-refractivity contribution is 5.94. The maximum Gasteiger partial charge on any atom is 0.308 e. The molecule has 1 aliphatic carbocycles. The number of carboxylic acid groups (broad SMARTS) is 1. The third-order valence-corrected chi connectivity index (χ3v) is 4.83. The maximum absolute atomic E-state index is 13.2. The Morgan fingerprint density at radius 3 is 2.59 bits per heavy atom. The second-order valence-corrected chi connectivity index (χ2v) is 7.39. The molecule has 2 aromatic rings. The summed E-state index contributed by atoms with van der Waals surface area (Å²) < 4.78 is 14.9. The third kappa shape index (κ3) is 4.18. The number of hydrogen-bond acceptors (Lipinski definition) is 3. The Bertz CT molecular complexity index is 843. The second-order valence-electron chi connectivity index (χ2n) is 7.39. The van der Waals surface area contributed by atoms with Gasteiger partial charge in [-0.25, -0.2) is 9.07 Å². The fourth-order valence-electron chi connectivity index (χ4n) is 3.56. The molecule has 0 radical (unpaired) electrons. The van der Waals surface area contributed by atoms with Crippen LogP contribution in [0.5, 0.6) is 0 Å². The first-order chi connectivity index (χ1) is 12.9. The molecular weight excluding hydrogens is 349 g/mol. The topological polar surface area (TPSA) is 84.2 Å². The quantitative estimate of drug-likeness (QED) is 0.781. The summed E-state index contributed by atoms with van der Waals surface area (Å²) in [5.41, 5.74) is 2.90. The summed E-state index contributed by atoms with van der Waals surface area (Å²) >= 11 is 0. The molecule has 1 amide bonds. The lowest BCUT2D eigenvalue weighted by Crippen LogP contribution is -2.34. The van der Waals surface area contributed by atoms with Crippen LogP contribution in [0.15, 0.2) is 24.3 Å². The summed E-state index contributed by atoms with van der Waals surface area (Å²) in [6.07, 6.45) is 2.99. The van der Waals surface area contributed by atoms with Gasteiger partial charge < -0.3 is 10.4 Å². The van der Waals surface area contributed by atoms with Crippen molar-refractivity contribution in [2.24, 2.45) is 11.8 Å². The van der Waals surface area contributed by atoms with Crippen LogP contribution in [-0.2, 0) is 17.6 Å². The van der Waals surface area contributed by atoms with Gasteiger partial charge in [0.05, 0.1) is 11.6 Å². The number of hydrogen-bond donors (Lipinski definition) is 2. The highest BCUT2D eigenvalue weighted by Gasteiger charge is 2.28. The fraction of sp³-hybridized carbons (Fsp3) is 0.450. The largest absolute Gasteiger partial charge is 0.481 e. The van der Waals surface area contributed by atoms with Gasteiger partial charge in [0.1, 0.15) is 5.82 Å². The Labute approximate surface area is 157 Å². The molecule has 144 valence electrons. The molecule has 0 bridgehead atoms. The van der Waals surface area contributed by atoms with Crippen molar-refractivity contribution in [1.29, 1.82) is 0 Å². The van der Waals surface area contributed by atoms with Gasteiger partial charge in [0, 0.05) is 17.8 Å². The van der Waals surface area contributed by atoms with E-state index in [0.717, 1.165) is 30.5 Å². The Morgan fingerprint density at radius 2 is 1.96 bits per heavy atom. The molecule has 0 saturated carbocycles. The first kappa shape index (κ1) is 19.1. The zero-order chi connectivity index (χ0) is 19.6. The number of carboxylic acids is 1. The number of carbonyl (C=O) groups excluding carboxylic acids is 1. The number of carbonyl (C=O) groups is 2. The van der Waals surface area contributed by atoms with E-state index in [1.165, 1.54) is 12.1 Å². The molecule has 27 heavy (non-hydrogen) atoms. The van der Waals surface area contributed by atoms with Crippen LogP contribution in [0.4, 0.5) is 4.39 Å². The zero-order valence-electron chi connectivity index (χ0n) is 15.5. The van der Waals surface area contributed by atoms with Crippen molar-refractivity contribution in [3.05, 3.63) is 47.0 Å². The average Bonchev–Trinajstić information content (AvgIpc) is 3.21. The molecular formula is C20H24FN3O3. The minimum Gasteiger partial charge on any atom is -0.481 e. The second kappa shape index (κ2) is 7.90. The molecule has 0 fully saturated rings. The van der Waals surface area contributed by atoms with Gasteiger partial charge in [0.25, 0.3) is 5.91 Å². The normalized spacial score (nSPS) is 14.2. The van der Waals surface area contributed by atoms with Crippen LogP contribution in [0.3, 0.4) is 0 Å². The van der Waals surface area contributed by atoms with E-state index in [1.807, 2.05) is 13.8 Å². The molecule has 0 spiro atoms. The molecule has 1 aliphatic rings. The molecule has 6 nitrogen and oxygen atoms in total. The number of nitrogens with zero attached hydrogens (tertiary/aromatic N) is 2. The lowest BCUT2D eigenvalue weighted by Gasteiger charge is -2.15. The molecule has 1 aromatic heterocycles. The number of halogens is 1. The molecule has 7 heteroatoms. The molecule has 1 aromatic carbocycles. The van der Waals surface area contributed by atoms with E-state index in [0.29, 0.717) is 17.8 Å². The molecule has 1 heterocycles. The lowest BCUT2D eigenvalue weighted by molar-refractivity contribution is -0.142. The standard InChI is InChI=1S/C20H24FN3O3/c1-12(2)10-13(20(26)27)11-22-19(25)18-16-4-3-5-17(16)24(23-18)15-8-6-14(21)7-9-15/h6-9,12-13H,3-5,10-11H2,1-2H3,(H,22,25)(H,26,27). The van der Waals surface area contributed by atoms with Crippen molar-refractivity contribution in [2.75, 3.05) is 6.54 Å². The van der Waals surface area contributed by atoms with E-state index in [2.05, 4.69) is 10.4 Å². The molecule has 2 N–H and O–H groups in total. The first-order valence-electron chi connectivity index (χ1n) is 9.24. The van der Waals surface area contributed by atoms with Crippen LogP contribution < -0.4 is 5.32 Å². The number of aromatic nitrogens is 2. The van der Waals surface area contributed by atoms with E-state index in [1.54, 1.807) is 16.8 Å². The highest BCUT2D eigenvalue weighted by Crippen LogP contribution is 2.28. The van der Waals surface area contributed by atoms with E-state index in [4.69, 9.17) is 0 Å². The van der Waals surface area contributed by atoms with Crippen LogP contribution in [0.25, 0.3) is 5.69 Å². The summed E-state index contributed by atoms with van der Waals surface area (Å²) in [5.74, 6) is -1.99. The zero-order valence-corrected chi connectivity index (χ0v) is 15.5. The van der Waals surface area contributed by atoms with Gasteiger partial charge in [-0.3, -0.25) is 9.59 Å². The predicted molar refractivity (Wildman–Crippen MR) is 98.5 cm³/mol. The molecule has 0 aliphatic heterocycles. The number of benzene rings is 1. The van der Waals surface area contributed by atoms with Gasteiger partial charge in [-0.05, 0) is 55.9 Å². The lowest BCUT2D eigenvalue weighted by atomic mass is 9.97. The first-order valence-corrected chi connectivity index (χ1v) is 9.24. The van der Waals surface area contributed by atoms with Gasteiger partial charge in [0.15, 0.2) is 5.69 Å². The van der Waals surface area contributed by atoms with Gasteiger partial charge in [-0.15, -0.1) is 0 Å². The van der Waals surface area contributed by atoms with Crippen molar-refractivity contribution in [1.82, 2.24) is 15.1 Å². The molecule has 1 unspecified atom stereocenters. The number of amides is 1. The highest BCUT2D eigenvalue weighted by atomic mass is 19.1. The van der Waals surface area contributed by atoms with Crippen molar-refractivity contribution < 1.29 is 19.1 Å². The summed E-state index contributed by atoms with van der Waals surface area (Å²) in [6.45, 7) is 3.98. The van der Waals surface area contributed by atoms with Gasteiger partial charge >= 0.3 is 5.97 Å². The Morgan fingerprint density at radius 1 is 1.26 bits per heavy atom. The number of fused-ring (bicyclic) bond motifs is 1. The number of nitrogens with one attached hydrogen (secondary N) is 1. The Hall–Kier alpha value is -2.70. The van der Waals surface area contributed by atoms with Crippen molar-refractivity contribution in [3.63, 3.8) is 0 Å². The van der Waals surface area contributed by atoms with E-state index in [9.17, 15) is 19.1 Å². The van der Waals surface area contributed by atoms with Crippen molar-refractivity contribution in [2.45, 2.75) is 39.5 Å². The van der Waals surface area contributed by atoms with E-state index < -0.39 is 11.9 Å². The van der Waals surface area contributed by atoms with Crippen LogP contribution in [0.1, 0.15) is 48.4 Å². The smallest absolute Gasteiger partial charge is 0.308 e. The summed E-state index contributed by atoms with van der Waals surface area (Å²) in [7, 11) is 0. The van der Waals surface area contributed by atoms with Crippen molar-refractivity contribution in [3.8, 4) is 5.69 Å². The predicted octanol–water partition coefficient (Wildman–Crippen LogP) is 2.98. The van der Waals surface area contributed by atoms with Crippen LogP contribution >= 0.6 is 0 Å². The Balaban J connectivity index is 1.80. The third-order valence-electron chi connectivity index (χ3n) is 4.83. The minimum absolute atomic E-state index is 0.0739. The number of rotatable bonds is 7. The maximum atomic E-state index is 13.2. The summed E-state index contributed by atoms with van der Waals surface area (Å²) in [4.78, 5) is 24.1. The average molecular weight is 373 g/mol. The molecule has 3 rings (SSSR count). The fourth-order valence-corrected chi connectivity index (χ4v) is 3.56. The minimum atomic E-state index is -0.911. The SMILES string of the molecule is CC(C)CC(CNC(=O)c1nn(-c2ccc(F)cc2)c2c1CCC2)C(=O)O.